The topological polar surface area (TPSA) is 59.6 Å². The van der Waals surface area contributed by atoms with Crippen LogP contribution in [0.25, 0.3) is 10.9 Å². The normalized spacial score (nSPS) is 16.5. The first-order chi connectivity index (χ1) is 13.4. The predicted octanol–water partition coefficient (Wildman–Crippen LogP) is 5.19. The Bertz CT molecular complexity index is 1030. The maximum Gasteiger partial charge on any atom is 0.325 e. The molecule has 28 heavy (non-hydrogen) atoms. The van der Waals surface area contributed by atoms with Crippen molar-refractivity contribution in [2.45, 2.75) is 6.04 Å². The molecule has 0 saturated carbocycles. The Kier molecular flexibility index (Phi) is 5.56. The molecule has 0 bridgehead atoms. The number of carboxylic acid groups (broad SMARTS) is 1. The largest absolute Gasteiger partial charge is 0.480 e. The van der Waals surface area contributed by atoms with E-state index in [0.29, 0.717) is 36.2 Å². The van der Waals surface area contributed by atoms with E-state index in [1.54, 1.807) is 12.3 Å². The van der Waals surface area contributed by atoms with Gasteiger partial charge in [0, 0.05) is 59.0 Å². The quantitative estimate of drug-likeness (QED) is 0.537. The molecule has 1 saturated heterocycles. The summed E-state index contributed by atoms with van der Waals surface area (Å²) in [6, 6.07) is 10.7. The number of H-pyrrole nitrogens is 1. The predicted molar refractivity (Wildman–Crippen MR) is 117 cm³/mol. The molecule has 2 heterocycles. The Hall–Kier alpha value is -1.73. The number of fused-ring (bicyclic) bond motifs is 1. The first-order valence-electron chi connectivity index (χ1n) is 8.87. The number of benzene rings is 2. The Balaban J connectivity index is 1.56. The highest BCUT2D eigenvalue weighted by molar-refractivity contribution is 9.10. The highest BCUT2D eigenvalue weighted by Crippen LogP contribution is 2.33. The van der Waals surface area contributed by atoms with E-state index in [4.69, 9.17) is 23.2 Å². The van der Waals surface area contributed by atoms with Crippen molar-refractivity contribution in [3.05, 3.63) is 62.7 Å². The van der Waals surface area contributed by atoms with Gasteiger partial charge in [0.25, 0.3) is 0 Å². The van der Waals surface area contributed by atoms with Gasteiger partial charge in [-0.15, -0.1) is 0 Å². The molecule has 1 atom stereocenters. The van der Waals surface area contributed by atoms with Gasteiger partial charge < -0.3 is 15.0 Å². The van der Waals surface area contributed by atoms with Crippen LogP contribution in [-0.4, -0.2) is 47.1 Å². The summed E-state index contributed by atoms with van der Waals surface area (Å²) in [5, 5.41) is 11.9. The van der Waals surface area contributed by atoms with Gasteiger partial charge in [0.2, 0.25) is 0 Å². The average Bonchev–Trinajstić information content (AvgIpc) is 3.07. The van der Waals surface area contributed by atoms with E-state index in [0.717, 1.165) is 26.6 Å². The average molecular weight is 483 g/mol. The van der Waals surface area contributed by atoms with Crippen molar-refractivity contribution in [1.82, 2.24) is 9.88 Å². The number of carbonyl (C=O) groups is 1. The van der Waals surface area contributed by atoms with Gasteiger partial charge in [-0.1, -0.05) is 39.1 Å². The van der Waals surface area contributed by atoms with Crippen molar-refractivity contribution < 1.29 is 9.90 Å². The summed E-state index contributed by atoms with van der Waals surface area (Å²) in [6.07, 6.45) is 1.81. The summed E-state index contributed by atoms with van der Waals surface area (Å²) in [4.78, 5) is 19.5. The number of anilines is 1. The van der Waals surface area contributed by atoms with E-state index in [-0.39, 0.29) is 0 Å². The van der Waals surface area contributed by atoms with Crippen LogP contribution in [0.5, 0.6) is 0 Å². The third-order valence-corrected chi connectivity index (χ3v) is 6.38. The minimum Gasteiger partial charge on any atom is -0.480 e. The Labute approximate surface area is 181 Å². The number of carboxylic acids is 1. The minimum absolute atomic E-state index is 0.523. The van der Waals surface area contributed by atoms with Crippen molar-refractivity contribution in [2.75, 3.05) is 31.1 Å². The van der Waals surface area contributed by atoms with Crippen molar-refractivity contribution in [2.24, 2.45) is 0 Å². The Morgan fingerprint density at radius 2 is 1.82 bits per heavy atom. The molecule has 1 aromatic heterocycles. The first kappa shape index (κ1) is 19.6. The second kappa shape index (κ2) is 7.95. The van der Waals surface area contributed by atoms with Crippen LogP contribution in [-0.2, 0) is 4.79 Å². The molecule has 8 heteroatoms. The number of piperazine rings is 1. The smallest absolute Gasteiger partial charge is 0.325 e. The summed E-state index contributed by atoms with van der Waals surface area (Å²) in [6.45, 7) is 2.71. The molecule has 0 aliphatic carbocycles. The summed E-state index contributed by atoms with van der Waals surface area (Å²) in [5.41, 5.74) is 2.71. The van der Waals surface area contributed by atoms with E-state index in [1.807, 2.05) is 35.2 Å². The number of aliphatic carboxylic acids is 1. The minimum atomic E-state index is -0.844. The highest BCUT2D eigenvalue weighted by atomic mass is 79.9. The number of hydrogen-bond acceptors (Lipinski definition) is 3. The van der Waals surface area contributed by atoms with Crippen molar-refractivity contribution in [1.29, 1.82) is 0 Å². The molecular weight excluding hydrogens is 465 g/mol. The number of aromatic nitrogens is 1. The lowest BCUT2D eigenvalue weighted by atomic mass is 10.0. The zero-order chi connectivity index (χ0) is 19.8. The molecule has 2 aromatic carbocycles. The maximum atomic E-state index is 12.1. The maximum absolute atomic E-state index is 12.1. The van der Waals surface area contributed by atoms with Gasteiger partial charge >= 0.3 is 5.97 Å². The first-order valence-corrected chi connectivity index (χ1v) is 10.4. The molecule has 4 rings (SSSR count). The van der Waals surface area contributed by atoms with E-state index in [2.05, 4.69) is 25.8 Å². The summed E-state index contributed by atoms with van der Waals surface area (Å²) < 4.78 is 0.925. The van der Waals surface area contributed by atoms with Crippen LogP contribution in [0.15, 0.2) is 47.1 Å². The zero-order valence-electron chi connectivity index (χ0n) is 14.8. The van der Waals surface area contributed by atoms with Crippen molar-refractivity contribution in [3.8, 4) is 0 Å². The molecule has 3 aromatic rings. The molecule has 1 aliphatic rings. The lowest BCUT2D eigenvalue weighted by molar-refractivity contribution is -0.143. The standard InChI is InChI=1S/C20H18BrCl2N3O2/c21-12-1-4-18-14(9-12)15(11-24-18)19(20(27)28)26-7-5-25(6-8-26)13-2-3-16(22)17(23)10-13/h1-4,9-11,19,24H,5-8H2,(H,27,28). The van der Waals surface area contributed by atoms with Crippen LogP contribution in [0.1, 0.15) is 11.6 Å². The Morgan fingerprint density at radius 1 is 1.07 bits per heavy atom. The van der Waals surface area contributed by atoms with Crippen LogP contribution in [0.2, 0.25) is 10.0 Å². The third-order valence-electron chi connectivity index (χ3n) is 5.15. The summed E-state index contributed by atoms with van der Waals surface area (Å²) >= 11 is 15.6. The van der Waals surface area contributed by atoms with Crippen LogP contribution in [0.4, 0.5) is 5.69 Å². The SMILES string of the molecule is O=C(O)C(c1c[nH]c2ccc(Br)cc12)N1CCN(c2ccc(Cl)c(Cl)c2)CC1. The van der Waals surface area contributed by atoms with Gasteiger partial charge in [0.05, 0.1) is 10.0 Å². The molecule has 2 N–H and O–H groups in total. The van der Waals surface area contributed by atoms with Crippen LogP contribution in [0, 0.1) is 0 Å². The fraction of sp³-hybridized carbons (Fsp3) is 0.250. The molecule has 0 spiro atoms. The molecule has 146 valence electrons. The van der Waals surface area contributed by atoms with Crippen LogP contribution in [0.3, 0.4) is 0 Å². The second-order valence-corrected chi connectivity index (χ2v) is 8.53. The van der Waals surface area contributed by atoms with Crippen molar-refractivity contribution in [3.63, 3.8) is 0 Å². The number of nitrogens with one attached hydrogen (secondary N) is 1. The highest BCUT2D eigenvalue weighted by Gasteiger charge is 2.32. The molecular formula is C20H18BrCl2N3O2. The fourth-order valence-electron chi connectivity index (χ4n) is 3.75. The molecule has 1 fully saturated rings. The number of rotatable bonds is 4. The van der Waals surface area contributed by atoms with E-state index in [9.17, 15) is 9.90 Å². The fourth-order valence-corrected chi connectivity index (χ4v) is 4.40. The lowest BCUT2D eigenvalue weighted by Gasteiger charge is -2.38. The van der Waals surface area contributed by atoms with Gasteiger partial charge in [0.15, 0.2) is 0 Å². The van der Waals surface area contributed by atoms with Gasteiger partial charge in [-0.3, -0.25) is 9.69 Å². The van der Waals surface area contributed by atoms with E-state index < -0.39 is 12.0 Å². The third kappa shape index (κ3) is 3.74. The lowest BCUT2D eigenvalue weighted by Crippen LogP contribution is -2.49. The van der Waals surface area contributed by atoms with Crippen molar-refractivity contribution >= 4 is 61.7 Å². The van der Waals surface area contributed by atoms with Crippen LogP contribution < -0.4 is 4.90 Å². The van der Waals surface area contributed by atoms with Crippen LogP contribution >= 0.6 is 39.1 Å². The molecule has 5 nitrogen and oxygen atoms in total. The molecule has 0 radical (unpaired) electrons. The van der Waals surface area contributed by atoms with Gasteiger partial charge in [-0.05, 0) is 36.4 Å². The second-order valence-electron chi connectivity index (χ2n) is 6.80. The van der Waals surface area contributed by atoms with Gasteiger partial charge in [-0.2, -0.15) is 0 Å². The number of hydrogen-bond donors (Lipinski definition) is 2. The molecule has 0 amide bonds. The number of halogens is 3. The molecule has 1 aliphatic heterocycles. The van der Waals surface area contributed by atoms with Gasteiger partial charge in [-0.25, -0.2) is 0 Å². The number of aromatic amines is 1. The van der Waals surface area contributed by atoms with E-state index in [1.165, 1.54) is 0 Å². The zero-order valence-corrected chi connectivity index (χ0v) is 17.9. The summed E-state index contributed by atoms with van der Waals surface area (Å²) in [7, 11) is 0. The molecule has 1 unspecified atom stereocenters. The van der Waals surface area contributed by atoms with E-state index >= 15 is 0 Å². The number of nitrogens with zero attached hydrogens (tertiary/aromatic N) is 2. The Morgan fingerprint density at radius 3 is 2.50 bits per heavy atom. The van der Waals surface area contributed by atoms with Gasteiger partial charge in [0.1, 0.15) is 6.04 Å². The summed E-state index contributed by atoms with van der Waals surface area (Å²) in [5.74, 6) is -0.844. The monoisotopic (exact) mass is 481 g/mol.